The Balaban J connectivity index is 2.89. The van der Waals surface area contributed by atoms with E-state index in [-0.39, 0.29) is 5.91 Å². The quantitative estimate of drug-likeness (QED) is 0.755. The van der Waals surface area contributed by atoms with Gasteiger partial charge in [0.25, 0.3) is 5.91 Å². The van der Waals surface area contributed by atoms with Crippen molar-refractivity contribution in [2.24, 2.45) is 0 Å². The van der Waals surface area contributed by atoms with Gasteiger partial charge in [-0.1, -0.05) is 22.0 Å². The van der Waals surface area contributed by atoms with Crippen molar-refractivity contribution in [3.05, 3.63) is 33.8 Å². The summed E-state index contributed by atoms with van der Waals surface area (Å²) in [6.07, 6.45) is 0.828. The maximum atomic E-state index is 12.3. The lowest BCUT2D eigenvalue weighted by atomic mass is 10.1. The van der Waals surface area contributed by atoms with Crippen molar-refractivity contribution >= 4 is 33.4 Å². The maximum absolute atomic E-state index is 12.3. The fraction of sp³-hybridized carbons (Fsp3) is 0.462. The minimum atomic E-state index is 0.0800. The van der Waals surface area contributed by atoms with Crippen LogP contribution >= 0.6 is 27.5 Å². The number of alkyl halides is 1. The predicted molar refractivity (Wildman–Crippen MR) is 75.8 cm³/mol. The van der Waals surface area contributed by atoms with Crippen LogP contribution in [0.3, 0.4) is 0 Å². The molecule has 0 saturated carbocycles. The summed E-state index contributed by atoms with van der Waals surface area (Å²) in [4.78, 5) is 14.1. The van der Waals surface area contributed by atoms with E-state index < -0.39 is 0 Å². The van der Waals surface area contributed by atoms with Gasteiger partial charge in [-0.3, -0.25) is 4.79 Å². The summed E-state index contributed by atoms with van der Waals surface area (Å²) in [5.41, 5.74) is 1.76. The van der Waals surface area contributed by atoms with E-state index >= 15 is 0 Å². The van der Waals surface area contributed by atoms with E-state index in [1.54, 1.807) is 0 Å². The second-order valence-corrected chi connectivity index (χ2v) is 5.18. The highest BCUT2D eigenvalue weighted by Gasteiger charge is 2.15. The SMILES string of the molecule is CCN(CCCCl)C(=O)c1cc(Br)ccc1C. The number of hydrogen-bond donors (Lipinski definition) is 0. The lowest BCUT2D eigenvalue weighted by Crippen LogP contribution is -2.32. The highest BCUT2D eigenvalue weighted by molar-refractivity contribution is 9.10. The van der Waals surface area contributed by atoms with Crippen LogP contribution in [0.2, 0.25) is 0 Å². The number of halogens is 2. The number of rotatable bonds is 5. The third-order valence-electron chi connectivity index (χ3n) is 2.66. The molecule has 0 radical (unpaired) electrons. The van der Waals surface area contributed by atoms with E-state index in [0.29, 0.717) is 19.0 Å². The van der Waals surface area contributed by atoms with Gasteiger partial charge in [-0.05, 0) is 38.0 Å². The van der Waals surface area contributed by atoms with Gasteiger partial charge in [0, 0.05) is 29.0 Å². The van der Waals surface area contributed by atoms with Crippen LogP contribution in [0.15, 0.2) is 22.7 Å². The first-order valence-corrected chi connectivity index (χ1v) is 7.04. The summed E-state index contributed by atoms with van der Waals surface area (Å²) < 4.78 is 0.930. The molecule has 0 aromatic heterocycles. The number of aryl methyl sites for hydroxylation is 1. The largest absolute Gasteiger partial charge is 0.339 e. The van der Waals surface area contributed by atoms with Gasteiger partial charge in [0.2, 0.25) is 0 Å². The van der Waals surface area contributed by atoms with Crippen LogP contribution < -0.4 is 0 Å². The van der Waals surface area contributed by atoms with Crippen LogP contribution in [0.1, 0.15) is 29.3 Å². The van der Waals surface area contributed by atoms with Crippen molar-refractivity contribution in [1.82, 2.24) is 4.90 Å². The van der Waals surface area contributed by atoms with Gasteiger partial charge < -0.3 is 4.90 Å². The molecule has 0 spiro atoms. The number of carbonyl (C=O) groups excluding carboxylic acids is 1. The van der Waals surface area contributed by atoms with Gasteiger partial charge in [-0.15, -0.1) is 11.6 Å². The standard InChI is InChI=1S/C13H17BrClNO/c1-3-16(8-4-7-15)13(17)12-9-11(14)6-5-10(12)2/h5-6,9H,3-4,7-8H2,1-2H3. The summed E-state index contributed by atoms with van der Waals surface area (Å²) in [6.45, 7) is 5.36. The Hall–Kier alpha value is -0.540. The molecular formula is C13H17BrClNO. The molecule has 4 heteroatoms. The second kappa shape index (κ2) is 7.02. The minimum absolute atomic E-state index is 0.0800. The summed E-state index contributed by atoms with van der Waals surface area (Å²) in [5.74, 6) is 0.665. The van der Waals surface area contributed by atoms with E-state index in [1.807, 2.05) is 36.9 Å². The molecule has 0 aliphatic carbocycles. The molecule has 0 saturated heterocycles. The van der Waals surface area contributed by atoms with Crippen LogP contribution in [0, 0.1) is 6.92 Å². The zero-order valence-electron chi connectivity index (χ0n) is 10.2. The highest BCUT2D eigenvalue weighted by Crippen LogP contribution is 2.18. The predicted octanol–water partition coefficient (Wildman–Crippen LogP) is 3.85. The molecule has 1 aromatic rings. The average Bonchev–Trinajstić information content (AvgIpc) is 2.33. The van der Waals surface area contributed by atoms with Crippen LogP contribution in [0.25, 0.3) is 0 Å². The molecule has 0 aliphatic heterocycles. The summed E-state index contributed by atoms with van der Waals surface area (Å²) in [7, 11) is 0. The Morgan fingerprint density at radius 2 is 2.18 bits per heavy atom. The summed E-state index contributed by atoms with van der Waals surface area (Å²) in [5, 5.41) is 0. The first-order valence-electron chi connectivity index (χ1n) is 5.71. The Kier molecular flexibility index (Phi) is 6.00. The molecule has 0 unspecified atom stereocenters. The van der Waals surface area contributed by atoms with Crippen molar-refractivity contribution in [3.8, 4) is 0 Å². The van der Waals surface area contributed by atoms with E-state index in [2.05, 4.69) is 15.9 Å². The Morgan fingerprint density at radius 1 is 1.47 bits per heavy atom. The Morgan fingerprint density at radius 3 is 2.76 bits per heavy atom. The summed E-state index contributed by atoms with van der Waals surface area (Å²) in [6, 6.07) is 5.77. The van der Waals surface area contributed by atoms with Crippen molar-refractivity contribution in [1.29, 1.82) is 0 Å². The first-order chi connectivity index (χ1) is 8.10. The van der Waals surface area contributed by atoms with E-state index in [4.69, 9.17) is 11.6 Å². The molecule has 1 amide bonds. The molecule has 0 aliphatic rings. The van der Waals surface area contributed by atoms with Gasteiger partial charge in [-0.25, -0.2) is 0 Å². The number of amides is 1. The molecule has 2 nitrogen and oxygen atoms in total. The fourth-order valence-corrected chi connectivity index (χ4v) is 2.13. The number of hydrogen-bond acceptors (Lipinski definition) is 1. The minimum Gasteiger partial charge on any atom is -0.339 e. The van der Waals surface area contributed by atoms with Gasteiger partial charge in [-0.2, -0.15) is 0 Å². The Labute approximate surface area is 116 Å². The monoisotopic (exact) mass is 317 g/mol. The van der Waals surface area contributed by atoms with E-state index in [9.17, 15) is 4.79 Å². The molecule has 0 bridgehead atoms. The van der Waals surface area contributed by atoms with Gasteiger partial charge in [0.15, 0.2) is 0 Å². The number of carbonyl (C=O) groups is 1. The van der Waals surface area contributed by atoms with Gasteiger partial charge in [0.05, 0.1) is 0 Å². The topological polar surface area (TPSA) is 20.3 Å². The number of benzene rings is 1. The van der Waals surface area contributed by atoms with Crippen LogP contribution in [-0.4, -0.2) is 29.8 Å². The summed E-state index contributed by atoms with van der Waals surface area (Å²) >= 11 is 9.06. The molecule has 0 heterocycles. The Bertz CT molecular complexity index is 395. The lowest BCUT2D eigenvalue weighted by Gasteiger charge is -2.21. The smallest absolute Gasteiger partial charge is 0.254 e. The zero-order valence-corrected chi connectivity index (χ0v) is 12.5. The lowest BCUT2D eigenvalue weighted by molar-refractivity contribution is 0.0764. The third kappa shape index (κ3) is 4.00. The highest BCUT2D eigenvalue weighted by atomic mass is 79.9. The van der Waals surface area contributed by atoms with E-state index in [0.717, 1.165) is 22.0 Å². The van der Waals surface area contributed by atoms with Crippen LogP contribution in [-0.2, 0) is 0 Å². The van der Waals surface area contributed by atoms with Crippen molar-refractivity contribution in [2.75, 3.05) is 19.0 Å². The average molecular weight is 319 g/mol. The van der Waals surface area contributed by atoms with Crippen molar-refractivity contribution in [2.45, 2.75) is 20.3 Å². The maximum Gasteiger partial charge on any atom is 0.254 e. The number of nitrogens with zero attached hydrogens (tertiary/aromatic N) is 1. The van der Waals surface area contributed by atoms with Crippen LogP contribution in [0.4, 0.5) is 0 Å². The van der Waals surface area contributed by atoms with Crippen molar-refractivity contribution < 1.29 is 4.79 Å². The van der Waals surface area contributed by atoms with Crippen molar-refractivity contribution in [3.63, 3.8) is 0 Å². The van der Waals surface area contributed by atoms with E-state index in [1.165, 1.54) is 0 Å². The second-order valence-electron chi connectivity index (χ2n) is 3.89. The third-order valence-corrected chi connectivity index (χ3v) is 3.42. The molecule has 1 rings (SSSR count). The molecule has 94 valence electrons. The molecule has 0 N–H and O–H groups in total. The molecule has 1 aromatic carbocycles. The fourth-order valence-electron chi connectivity index (χ4n) is 1.65. The van der Waals surface area contributed by atoms with Gasteiger partial charge >= 0.3 is 0 Å². The molecule has 17 heavy (non-hydrogen) atoms. The first kappa shape index (κ1) is 14.5. The molecule has 0 fully saturated rings. The zero-order chi connectivity index (χ0) is 12.8. The molecular weight excluding hydrogens is 302 g/mol. The normalized spacial score (nSPS) is 10.4. The van der Waals surface area contributed by atoms with Gasteiger partial charge in [0.1, 0.15) is 0 Å². The molecule has 0 atom stereocenters. The van der Waals surface area contributed by atoms with Crippen LogP contribution in [0.5, 0.6) is 0 Å².